The Hall–Kier alpha value is -1.33. The zero-order valence-corrected chi connectivity index (χ0v) is 13.7. The van der Waals surface area contributed by atoms with E-state index in [1.165, 1.54) is 7.11 Å². The Morgan fingerprint density at radius 1 is 1.36 bits per heavy atom. The average Bonchev–Trinajstić information content (AvgIpc) is 2.79. The predicted molar refractivity (Wildman–Crippen MR) is 83.8 cm³/mol. The molecule has 0 aromatic heterocycles. The lowest BCUT2D eigenvalue weighted by molar-refractivity contribution is -0.183. The normalized spacial score (nSPS) is 33.7. The molecule has 3 rings (SSSR count). The van der Waals surface area contributed by atoms with Gasteiger partial charge in [-0.3, -0.25) is 9.59 Å². The highest BCUT2D eigenvalue weighted by Gasteiger charge is 2.60. The van der Waals surface area contributed by atoms with Crippen LogP contribution in [-0.2, 0) is 19.1 Å². The number of carbonyl (C=O) groups is 2. The number of carbonyl (C=O) groups excluding carboxylic acids is 2. The molecule has 2 aliphatic rings. The van der Waals surface area contributed by atoms with Crippen molar-refractivity contribution in [1.29, 1.82) is 0 Å². The van der Waals surface area contributed by atoms with E-state index in [2.05, 4.69) is 12.1 Å². The fourth-order valence-corrected chi connectivity index (χ4v) is 4.63. The summed E-state index contributed by atoms with van der Waals surface area (Å²) in [6.07, 6.45) is 1.82. The summed E-state index contributed by atoms with van der Waals surface area (Å²) in [6.45, 7) is 1.86. The van der Waals surface area contributed by atoms with Gasteiger partial charge in [0.15, 0.2) is 5.78 Å². The summed E-state index contributed by atoms with van der Waals surface area (Å²) >= 11 is 1.70. The Morgan fingerprint density at radius 3 is 2.77 bits per heavy atom. The Balaban J connectivity index is 1.75. The molecule has 1 aromatic carbocycles. The fraction of sp³-hybridized carbons (Fsp3) is 0.529. The van der Waals surface area contributed by atoms with Crippen molar-refractivity contribution < 1.29 is 19.1 Å². The van der Waals surface area contributed by atoms with Gasteiger partial charge in [0.2, 0.25) is 0 Å². The number of benzene rings is 1. The summed E-state index contributed by atoms with van der Waals surface area (Å²) < 4.78 is 11.1. The average molecular weight is 320 g/mol. The van der Waals surface area contributed by atoms with Crippen molar-refractivity contribution in [2.24, 2.45) is 5.92 Å². The Kier molecular flexibility index (Phi) is 4.03. The first kappa shape index (κ1) is 15.6. The minimum Gasteiger partial charge on any atom is -0.468 e. The van der Waals surface area contributed by atoms with Crippen LogP contribution < -0.4 is 0 Å². The summed E-state index contributed by atoms with van der Waals surface area (Å²) in [5, 5.41) is 0. The monoisotopic (exact) mass is 320 g/mol. The van der Waals surface area contributed by atoms with Crippen molar-refractivity contribution in [3.63, 3.8) is 0 Å². The number of hydrogen-bond donors (Lipinski definition) is 0. The zero-order chi connectivity index (χ0) is 15.8. The molecule has 0 radical (unpaired) electrons. The molecule has 5 heteroatoms. The molecular weight excluding hydrogens is 300 g/mol. The van der Waals surface area contributed by atoms with Gasteiger partial charge in [0.1, 0.15) is 5.92 Å². The van der Waals surface area contributed by atoms with Gasteiger partial charge >= 0.3 is 5.97 Å². The van der Waals surface area contributed by atoms with Gasteiger partial charge < -0.3 is 9.47 Å². The standard InChI is InChI=1S/C17H20O4S/c1-16-8-9-17(21-16,10-13(18)14(16)15(19)20-2)11-22-12-6-4-3-5-7-12/h3-7,14H,8-11H2,1-2H3/t14?,16-,17+/m1/s1. The zero-order valence-electron chi connectivity index (χ0n) is 12.8. The SMILES string of the molecule is COC(=O)C1C(=O)C[C@]2(CSc3ccccc3)CC[C@@]1(C)O2. The third-order valence-corrected chi connectivity index (χ3v) is 5.91. The number of Topliss-reactive ketones (excluding diaryl/α,β-unsaturated/α-hetero) is 1. The number of esters is 1. The van der Waals surface area contributed by atoms with E-state index in [9.17, 15) is 9.59 Å². The van der Waals surface area contributed by atoms with Crippen LogP contribution in [0.15, 0.2) is 35.2 Å². The first-order chi connectivity index (χ1) is 10.5. The van der Waals surface area contributed by atoms with Crippen molar-refractivity contribution in [3.05, 3.63) is 30.3 Å². The molecule has 0 saturated carbocycles. The second kappa shape index (κ2) is 5.70. The second-order valence-corrected chi connectivity index (χ2v) is 7.35. The summed E-state index contributed by atoms with van der Waals surface area (Å²) in [7, 11) is 1.32. The summed E-state index contributed by atoms with van der Waals surface area (Å²) in [6, 6.07) is 10.1. The van der Waals surface area contributed by atoms with E-state index in [0.717, 1.165) is 17.1 Å². The summed E-state index contributed by atoms with van der Waals surface area (Å²) in [5.41, 5.74) is -1.17. The lowest BCUT2D eigenvalue weighted by atomic mass is 9.82. The molecule has 0 aliphatic carbocycles. The third kappa shape index (κ3) is 2.68. The van der Waals surface area contributed by atoms with Gasteiger partial charge in [-0.2, -0.15) is 0 Å². The molecule has 0 spiro atoms. The number of ether oxygens (including phenoxy) is 2. The number of methoxy groups -OCH3 is 1. The Bertz CT molecular complexity index is 588. The Morgan fingerprint density at radius 2 is 2.09 bits per heavy atom. The van der Waals surface area contributed by atoms with E-state index in [1.807, 2.05) is 25.1 Å². The number of fused-ring (bicyclic) bond motifs is 2. The summed E-state index contributed by atoms with van der Waals surface area (Å²) in [5.74, 6) is -0.577. The highest BCUT2D eigenvalue weighted by Crippen LogP contribution is 2.51. The van der Waals surface area contributed by atoms with Crippen molar-refractivity contribution in [3.8, 4) is 0 Å². The van der Waals surface area contributed by atoms with Crippen molar-refractivity contribution in [2.45, 2.75) is 42.3 Å². The number of hydrogen-bond acceptors (Lipinski definition) is 5. The largest absolute Gasteiger partial charge is 0.468 e. The van der Waals surface area contributed by atoms with E-state index in [-0.39, 0.29) is 5.78 Å². The highest BCUT2D eigenvalue weighted by atomic mass is 32.2. The fourth-order valence-electron chi connectivity index (χ4n) is 3.54. The maximum atomic E-state index is 12.5. The molecule has 118 valence electrons. The molecule has 0 amide bonds. The molecular formula is C17H20O4S. The number of ketones is 1. The second-order valence-electron chi connectivity index (χ2n) is 6.30. The third-order valence-electron chi connectivity index (χ3n) is 4.64. The smallest absolute Gasteiger partial charge is 0.319 e. The van der Waals surface area contributed by atoms with Crippen LogP contribution in [0.1, 0.15) is 26.2 Å². The van der Waals surface area contributed by atoms with Crippen LogP contribution in [0.3, 0.4) is 0 Å². The van der Waals surface area contributed by atoms with Crippen LogP contribution >= 0.6 is 11.8 Å². The minimum atomic E-state index is -0.783. The summed E-state index contributed by atoms with van der Waals surface area (Å²) in [4.78, 5) is 25.6. The van der Waals surface area contributed by atoms with E-state index in [4.69, 9.17) is 9.47 Å². The molecule has 2 saturated heterocycles. The minimum absolute atomic E-state index is 0.0493. The van der Waals surface area contributed by atoms with Gasteiger partial charge in [-0.1, -0.05) is 18.2 Å². The molecule has 1 unspecified atom stereocenters. The Labute approximate surface area is 134 Å². The molecule has 22 heavy (non-hydrogen) atoms. The van der Waals surface area contributed by atoms with Crippen LogP contribution in [0.5, 0.6) is 0 Å². The molecule has 3 atom stereocenters. The molecule has 2 heterocycles. The van der Waals surface area contributed by atoms with Crippen LogP contribution in [0.4, 0.5) is 0 Å². The van der Waals surface area contributed by atoms with E-state index in [0.29, 0.717) is 12.8 Å². The van der Waals surface area contributed by atoms with Crippen molar-refractivity contribution in [2.75, 3.05) is 12.9 Å². The van der Waals surface area contributed by atoms with Gasteiger partial charge in [0.05, 0.1) is 18.3 Å². The molecule has 2 aliphatic heterocycles. The van der Waals surface area contributed by atoms with Crippen LogP contribution in [-0.4, -0.2) is 35.8 Å². The predicted octanol–water partition coefficient (Wildman–Crippen LogP) is 2.85. The van der Waals surface area contributed by atoms with E-state index >= 15 is 0 Å². The van der Waals surface area contributed by atoms with Crippen molar-refractivity contribution in [1.82, 2.24) is 0 Å². The van der Waals surface area contributed by atoms with Gasteiger partial charge in [0, 0.05) is 17.1 Å². The highest BCUT2D eigenvalue weighted by molar-refractivity contribution is 7.99. The number of rotatable bonds is 4. The van der Waals surface area contributed by atoms with Gasteiger partial charge in [-0.25, -0.2) is 0 Å². The first-order valence-corrected chi connectivity index (χ1v) is 8.45. The maximum absolute atomic E-state index is 12.5. The van der Waals surface area contributed by atoms with Gasteiger partial charge in [-0.05, 0) is 31.9 Å². The van der Waals surface area contributed by atoms with Crippen LogP contribution in [0, 0.1) is 5.92 Å². The molecule has 1 aromatic rings. The van der Waals surface area contributed by atoms with Gasteiger partial charge in [-0.15, -0.1) is 11.8 Å². The van der Waals surface area contributed by atoms with Crippen LogP contribution in [0.2, 0.25) is 0 Å². The lowest BCUT2D eigenvalue weighted by Gasteiger charge is -2.41. The van der Waals surface area contributed by atoms with Crippen molar-refractivity contribution >= 4 is 23.5 Å². The molecule has 0 N–H and O–H groups in total. The number of thioether (sulfide) groups is 1. The molecule has 2 fully saturated rings. The first-order valence-electron chi connectivity index (χ1n) is 7.47. The molecule has 4 nitrogen and oxygen atoms in total. The maximum Gasteiger partial charge on any atom is 0.319 e. The van der Waals surface area contributed by atoms with E-state index in [1.54, 1.807) is 11.8 Å². The molecule has 2 bridgehead atoms. The van der Waals surface area contributed by atoms with Crippen LogP contribution in [0.25, 0.3) is 0 Å². The topological polar surface area (TPSA) is 52.6 Å². The lowest BCUT2D eigenvalue weighted by Crippen LogP contribution is -2.54. The van der Waals surface area contributed by atoms with Gasteiger partial charge in [0.25, 0.3) is 0 Å². The van der Waals surface area contributed by atoms with E-state index < -0.39 is 23.1 Å². The quantitative estimate of drug-likeness (QED) is 0.485.